The van der Waals surface area contributed by atoms with E-state index in [1.54, 1.807) is 23.5 Å². The lowest BCUT2D eigenvalue weighted by Gasteiger charge is -2.33. The average molecular weight is 361 g/mol. The Hall–Kier alpha value is -1.23. The minimum absolute atomic E-state index is 0.130. The van der Waals surface area contributed by atoms with Crippen LogP contribution in [0.2, 0.25) is 0 Å². The zero-order valence-corrected chi connectivity index (χ0v) is 15.9. The molecule has 1 aromatic heterocycles. The molecule has 3 heterocycles. The topological polar surface area (TPSA) is 15.3 Å². The molecular formula is C21H29FN2S. The van der Waals surface area contributed by atoms with Crippen LogP contribution in [0.3, 0.4) is 0 Å². The third-order valence-electron chi connectivity index (χ3n) is 5.27. The molecule has 0 amide bonds. The van der Waals surface area contributed by atoms with Crippen LogP contribution in [-0.2, 0) is 0 Å². The molecule has 0 radical (unpaired) electrons. The number of rotatable bonds is 3. The molecule has 2 aliphatic heterocycles. The second-order valence-electron chi connectivity index (χ2n) is 7.29. The zero-order valence-electron chi connectivity index (χ0n) is 15.1. The standard InChI is InChI=1S/C16H23FN2.C5H6S/c17-16-3-1-14(2-4-16)15-6-9-19(10-7-15)12-13-5-8-18-11-13;1-5-2-3-6-4-5/h1-4,13,15,18H,5-12H2;2-4H,1H3/t13-;/m0./s1. The summed E-state index contributed by atoms with van der Waals surface area (Å²) in [4.78, 5) is 2.61. The lowest BCUT2D eigenvalue weighted by Crippen LogP contribution is -2.37. The molecule has 2 nitrogen and oxygen atoms in total. The molecule has 1 aromatic carbocycles. The van der Waals surface area contributed by atoms with Crippen LogP contribution in [0.4, 0.5) is 4.39 Å². The highest BCUT2D eigenvalue weighted by molar-refractivity contribution is 7.07. The van der Waals surface area contributed by atoms with Crippen molar-refractivity contribution in [3.05, 3.63) is 58.0 Å². The molecule has 0 aliphatic carbocycles. The van der Waals surface area contributed by atoms with Gasteiger partial charge in [-0.25, -0.2) is 4.39 Å². The lowest BCUT2D eigenvalue weighted by atomic mass is 9.89. The first-order valence-corrected chi connectivity index (χ1v) is 10.3. The Balaban J connectivity index is 0.000000258. The van der Waals surface area contributed by atoms with Crippen molar-refractivity contribution in [2.45, 2.75) is 32.1 Å². The number of piperidine rings is 1. The van der Waals surface area contributed by atoms with E-state index in [9.17, 15) is 4.39 Å². The number of thiophene rings is 1. The van der Waals surface area contributed by atoms with Crippen molar-refractivity contribution in [3.63, 3.8) is 0 Å². The summed E-state index contributed by atoms with van der Waals surface area (Å²) in [5.74, 6) is 1.34. The second kappa shape index (κ2) is 9.46. The fourth-order valence-electron chi connectivity index (χ4n) is 3.75. The molecule has 2 saturated heterocycles. The van der Waals surface area contributed by atoms with Crippen LogP contribution < -0.4 is 5.32 Å². The van der Waals surface area contributed by atoms with Gasteiger partial charge in [0.15, 0.2) is 0 Å². The van der Waals surface area contributed by atoms with E-state index >= 15 is 0 Å². The third kappa shape index (κ3) is 5.91. The normalized spacial score (nSPS) is 21.8. The Morgan fingerprint density at radius 3 is 2.40 bits per heavy atom. The molecule has 1 N–H and O–H groups in total. The Labute approximate surface area is 155 Å². The van der Waals surface area contributed by atoms with Gasteiger partial charge in [-0.3, -0.25) is 0 Å². The van der Waals surface area contributed by atoms with Gasteiger partial charge in [-0.05, 0) is 104 Å². The van der Waals surface area contributed by atoms with Crippen molar-refractivity contribution in [1.29, 1.82) is 0 Å². The molecule has 0 spiro atoms. The largest absolute Gasteiger partial charge is 0.316 e. The maximum Gasteiger partial charge on any atom is 0.123 e. The molecule has 0 bridgehead atoms. The predicted molar refractivity (Wildman–Crippen MR) is 105 cm³/mol. The van der Waals surface area contributed by atoms with Gasteiger partial charge in [0.2, 0.25) is 0 Å². The summed E-state index contributed by atoms with van der Waals surface area (Å²) in [6, 6.07) is 9.19. The minimum atomic E-state index is -0.130. The van der Waals surface area contributed by atoms with Crippen LogP contribution in [0.1, 0.15) is 36.3 Å². The van der Waals surface area contributed by atoms with Gasteiger partial charge in [-0.1, -0.05) is 12.1 Å². The molecule has 2 aliphatic rings. The number of nitrogens with one attached hydrogen (secondary N) is 1. The van der Waals surface area contributed by atoms with Crippen molar-refractivity contribution >= 4 is 11.3 Å². The number of hydrogen-bond acceptors (Lipinski definition) is 3. The summed E-state index contributed by atoms with van der Waals surface area (Å²) in [7, 11) is 0. The number of halogens is 1. The number of hydrogen-bond donors (Lipinski definition) is 1. The van der Waals surface area contributed by atoms with Crippen molar-refractivity contribution in [2.24, 2.45) is 5.92 Å². The molecule has 0 saturated carbocycles. The van der Waals surface area contributed by atoms with Gasteiger partial charge in [0, 0.05) is 6.54 Å². The van der Waals surface area contributed by atoms with Crippen molar-refractivity contribution in [3.8, 4) is 0 Å². The molecular weight excluding hydrogens is 331 g/mol. The number of aryl methyl sites for hydroxylation is 1. The number of benzene rings is 1. The van der Waals surface area contributed by atoms with E-state index in [0.717, 1.165) is 5.92 Å². The van der Waals surface area contributed by atoms with Crippen molar-refractivity contribution in [1.82, 2.24) is 10.2 Å². The Morgan fingerprint density at radius 1 is 1.12 bits per heavy atom. The first kappa shape index (κ1) is 18.6. The van der Waals surface area contributed by atoms with Gasteiger partial charge < -0.3 is 10.2 Å². The van der Waals surface area contributed by atoms with Gasteiger partial charge in [0.25, 0.3) is 0 Å². The highest BCUT2D eigenvalue weighted by Crippen LogP contribution is 2.28. The summed E-state index contributed by atoms with van der Waals surface area (Å²) in [5, 5.41) is 7.64. The summed E-state index contributed by atoms with van der Waals surface area (Å²) in [6.45, 7) is 8.12. The van der Waals surface area contributed by atoms with Crippen molar-refractivity contribution < 1.29 is 4.39 Å². The number of nitrogens with zero attached hydrogens (tertiary/aromatic N) is 1. The van der Waals surface area contributed by atoms with Crippen LogP contribution in [0.15, 0.2) is 41.1 Å². The van der Waals surface area contributed by atoms with Crippen molar-refractivity contribution in [2.75, 3.05) is 32.7 Å². The highest BCUT2D eigenvalue weighted by Gasteiger charge is 2.23. The van der Waals surface area contributed by atoms with Crippen LogP contribution in [0.5, 0.6) is 0 Å². The third-order valence-corrected chi connectivity index (χ3v) is 6.07. The maximum atomic E-state index is 12.9. The van der Waals surface area contributed by atoms with E-state index < -0.39 is 0 Å². The van der Waals surface area contributed by atoms with Crippen LogP contribution in [0.25, 0.3) is 0 Å². The highest BCUT2D eigenvalue weighted by atomic mass is 32.1. The first-order chi connectivity index (χ1) is 12.2. The molecule has 2 fully saturated rings. The quantitative estimate of drug-likeness (QED) is 0.855. The zero-order chi connectivity index (χ0) is 17.5. The summed E-state index contributed by atoms with van der Waals surface area (Å²) >= 11 is 1.74. The Bertz CT molecular complexity index is 597. The van der Waals surface area contributed by atoms with E-state index in [2.05, 4.69) is 34.0 Å². The SMILES string of the molecule is Cc1ccsc1.Fc1ccc(C2CCN(C[C@H]3CCNC3)CC2)cc1. The number of likely N-dealkylation sites (tertiary alicyclic amines) is 1. The van der Waals surface area contributed by atoms with Gasteiger partial charge in [0.1, 0.15) is 5.82 Å². The summed E-state index contributed by atoms with van der Waals surface area (Å²) in [5.41, 5.74) is 2.67. The van der Waals surface area contributed by atoms with Crippen LogP contribution in [-0.4, -0.2) is 37.6 Å². The molecule has 136 valence electrons. The molecule has 4 rings (SSSR count). The van der Waals surface area contributed by atoms with Crippen LogP contribution >= 0.6 is 11.3 Å². The van der Waals surface area contributed by atoms with E-state index in [0.29, 0.717) is 5.92 Å². The monoisotopic (exact) mass is 360 g/mol. The van der Waals surface area contributed by atoms with Gasteiger partial charge in [-0.15, -0.1) is 0 Å². The van der Waals surface area contributed by atoms with Gasteiger partial charge in [-0.2, -0.15) is 11.3 Å². The second-order valence-corrected chi connectivity index (χ2v) is 8.07. The van der Waals surface area contributed by atoms with E-state index in [4.69, 9.17) is 0 Å². The van der Waals surface area contributed by atoms with Crippen LogP contribution in [0, 0.1) is 18.7 Å². The lowest BCUT2D eigenvalue weighted by molar-refractivity contribution is 0.187. The summed E-state index contributed by atoms with van der Waals surface area (Å²) in [6.07, 6.45) is 3.76. The fraction of sp³-hybridized carbons (Fsp3) is 0.524. The molecule has 4 heteroatoms. The Kier molecular flexibility index (Phi) is 7.02. The Morgan fingerprint density at radius 2 is 1.88 bits per heavy atom. The molecule has 1 atom stereocenters. The van der Waals surface area contributed by atoms with E-state index in [1.165, 1.54) is 63.1 Å². The smallest absolute Gasteiger partial charge is 0.123 e. The maximum absolute atomic E-state index is 12.9. The van der Waals surface area contributed by atoms with Gasteiger partial charge in [0.05, 0.1) is 0 Å². The first-order valence-electron chi connectivity index (χ1n) is 9.38. The van der Waals surface area contributed by atoms with E-state index in [-0.39, 0.29) is 5.82 Å². The van der Waals surface area contributed by atoms with Gasteiger partial charge >= 0.3 is 0 Å². The molecule has 25 heavy (non-hydrogen) atoms. The molecule has 2 aromatic rings. The fourth-order valence-corrected chi connectivity index (χ4v) is 4.42. The average Bonchev–Trinajstić information content (AvgIpc) is 3.31. The molecule has 0 unspecified atom stereocenters. The predicted octanol–water partition coefficient (Wildman–Crippen LogP) is 4.67. The summed E-state index contributed by atoms with van der Waals surface area (Å²) < 4.78 is 12.9. The van der Waals surface area contributed by atoms with E-state index in [1.807, 2.05) is 12.1 Å². The minimum Gasteiger partial charge on any atom is -0.316 e.